The van der Waals surface area contributed by atoms with E-state index in [4.69, 9.17) is 4.74 Å². The zero-order chi connectivity index (χ0) is 17.6. The number of piperazine rings is 1. The van der Waals surface area contributed by atoms with Crippen LogP contribution in [0.15, 0.2) is 18.2 Å². The second-order valence-corrected chi connectivity index (χ2v) is 7.22. The number of rotatable bonds is 2. The first-order valence-electron chi connectivity index (χ1n) is 7.86. The molecule has 7 nitrogen and oxygen atoms in total. The van der Waals surface area contributed by atoms with E-state index in [9.17, 15) is 19.3 Å². The summed E-state index contributed by atoms with van der Waals surface area (Å²) in [7, 11) is 0. The van der Waals surface area contributed by atoms with Crippen molar-refractivity contribution in [3.63, 3.8) is 0 Å². The first kappa shape index (κ1) is 16.5. The van der Waals surface area contributed by atoms with Gasteiger partial charge in [0.25, 0.3) is 5.69 Å². The van der Waals surface area contributed by atoms with Gasteiger partial charge < -0.3 is 14.5 Å². The summed E-state index contributed by atoms with van der Waals surface area (Å²) in [6.45, 7) is 6.37. The molecule has 2 aliphatic heterocycles. The maximum atomic E-state index is 13.3. The molecule has 2 saturated heterocycles. The largest absolute Gasteiger partial charge is 0.444 e. The Labute approximate surface area is 139 Å². The Morgan fingerprint density at radius 2 is 2.04 bits per heavy atom. The molecule has 0 aromatic heterocycles. The quantitative estimate of drug-likeness (QED) is 0.612. The Balaban J connectivity index is 1.77. The second kappa shape index (κ2) is 5.61. The van der Waals surface area contributed by atoms with Crippen LogP contribution in [-0.2, 0) is 4.74 Å². The molecular formula is C16H20FN3O4. The minimum Gasteiger partial charge on any atom is -0.444 e. The second-order valence-electron chi connectivity index (χ2n) is 7.22. The van der Waals surface area contributed by atoms with Gasteiger partial charge in [-0.25, -0.2) is 9.18 Å². The van der Waals surface area contributed by atoms with Gasteiger partial charge in [0.2, 0.25) is 0 Å². The molecule has 2 aliphatic rings. The van der Waals surface area contributed by atoms with Crippen molar-refractivity contribution in [1.29, 1.82) is 0 Å². The lowest BCUT2D eigenvalue weighted by Crippen LogP contribution is -2.50. The molecule has 2 fully saturated rings. The van der Waals surface area contributed by atoms with Gasteiger partial charge in [0, 0.05) is 19.1 Å². The van der Waals surface area contributed by atoms with Crippen molar-refractivity contribution in [3.05, 3.63) is 34.1 Å². The van der Waals surface area contributed by atoms with Gasteiger partial charge in [-0.05, 0) is 39.3 Å². The lowest BCUT2D eigenvalue weighted by Gasteiger charge is -2.36. The molecule has 0 spiro atoms. The van der Waals surface area contributed by atoms with Crippen LogP contribution in [0.5, 0.6) is 0 Å². The average molecular weight is 337 g/mol. The number of likely N-dealkylation sites (tertiary alicyclic amines) is 1. The zero-order valence-corrected chi connectivity index (χ0v) is 13.9. The molecule has 1 unspecified atom stereocenters. The van der Waals surface area contributed by atoms with E-state index in [1.807, 2.05) is 25.7 Å². The van der Waals surface area contributed by atoms with Crippen LogP contribution in [0.1, 0.15) is 27.2 Å². The van der Waals surface area contributed by atoms with Gasteiger partial charge in [-0.15, -0.1) is 0 Å². The number of nitro groups is 1. The normalized spacial score (nSPS) is 22.8. The Kier molecular flexibility index (Phi) is 3.85. The molecule has 1 aromatic carbocycles. The molecule has 1 aromatic rings. The number of carbonyl (C=O) groups excluding carboxylic acids is 1. The first-order chi connectivity index (χ1) is 11.2. The highest BCUT2D eigenvalue weighted by Crippen LogP contribution is 2.39. The Bertz CT molecular complexity index is 688. The number of hydrogen-bond donors (Lipinski definition) is 0. The fourth-order valence-corrected chi connectivity index (χ4v) is 3.39. The first-order valence-corrected chi connectivity index (χ1v) is 7.86. The van der Waals surface area contributed by atoms with Crippen molar-refractivity contribution in [3.8, 4) is 0 Å². The summed E-state index contributed by atoms with van der Waals surface area (Å²) in [4.78, 5) is 26.4. The van der Waals surface area contributed by atoms with Gasteiger partial charge in [-0.3, -0.25) is 10.1 Å². The summed E-state index contributed by atoms with van der Waals surface area (Å²) in [6, 6.07) is 3.53. The maximum Gasteiger partial charge on any atom is 0.410 e. The van der Waals surface area contributed by atoms with Crippen LogP contribution in [0, 0.1) is 15.9 Å². The van der Waals surface area contributed by atoms with Gasteiger partial charge in [0.15, 0.2) is 0 Å². The molecule has 2 bridgehead atoms. The van der Waals surface area contributed by atoms with Crippen LogP contribution in [0.25, 0.3) is 0 Å². The lowest BCUT2D eigenvalue weighted by atomic mass is 10.2. The molecule has 24 heavy (non-hydrogen) atoms. The smallest absolute Gasteiger partial charge is 0.410 e. The number of halogens is 1. The molecule has 8 heteroatoms. The third kappa shape index (κ3) is 3.00. The number of nitro benzene ring substituents is 1. The van der Waals surface area contributed by atoms with Crippen molar-refractivity contribution >= 4 is 17.5 Å². The fraction of sp³-hybridized carbons (Fsp3) is 0.562. The number of nitrogens with zero attached hydrogens (tertiary/aromatic N) is 3. The molecule has 2 heterocycles. The Morgan fingerprint density at radius 1 is 1.33 bits per heavy atom. The van der Waals surface area contributed by atoms with Gasteiger partial charge >= 0.3 is 6.09 Å². The molecule has 0 aliphatic carbocycles. The highest BCUT2D eigenvalue weighted by atomic mass is 19.1. The minimum atomic E-state index is -0.634. The lowest BCUT2D eigenvalue weighted by molar-refractivity contribution is -0.384. The molecule has 1 amide bonds. The molecule has 0 radical (unpaired) electrons. The van der Waals surface area contributed by atoms with Crippen molar-refractivity contribution < 1.29 is 18.8 Å². The highest BCUT2D eigenvalue weighted by Gasteiger charge is 2.47. The number of fused-ring (bicyclic) bond motifs is 2. The van der Waals surface area contributed by atoms with Crippen LogP contribution < -0.4 is 4.90 Å². The SMILES string of the molecule is CC(C)(C)OC(=O)N1C[C@H]2CC1CN2c1ccc(F)cc1[N+](=O)[O-]. The van der Waals surface area contributed by atoms with Crippen molar-refractivity contribution in [2.75, 3.05) is 18.0 Å². The minimum absolute atomic E-state index is 0.0216. The van der Waals surface area contributed by atoms with E-state index in [0.717, 1.165) is 12.5 Å². The van der Waals surface area contributed by atoms with E-state index in [0.29, 0.717) is 18.8 Å². The maximum absolute atomic E-state index is 13.3. The number of hydrogen-bond acceptors (Lipinski definition) is 5. The number of ether oxygens (including phenoxy) is 1. The fourth-order valence-electron chi connectivity index (χ4n) is 3.39. The Morgan fingerprint density at radius 3 is 2.58 bits per heavy atom. The number of benzene rings is 1. The number of anilines is 1. The molecular weight excluding hydrogens is 317 g/mol. The topological polar surface area (TPSA) is 75.9 Å². The van der Waals surface area contributed by atoms with Crippen LogP contribution in [-0.4, -0.2) is 46.7 Å². The third-order valence-electron chi connectivity index (χ3n) is 4.31. The van der Waals surface area contributed by atoms with Gasteiger partial charge in [-0.1, -0.05) is 0 Å². The van der Waals surface area contributed by atoms with E-state index in [1.165, 1.54) is 12.1 Å². The summed E-state index contributed by atoms with van der Waals surface area (Å²) in [5, 5.41) is 11.2. The van der Waals surface area contributed by atoms with E-state index in [-0.39, 0.29) is 23.9 Å². The predicted molar refractivity (Wildman–Crippen MR) is 85.5 cm³/mol. The van der Waals surface area contributed by atoms with E-state index in [2.05, 4.69) is 0 Å². The highest BCUT2D eigenvalue weighted by molar-refractivity contribution is 5.71. The van der Waals surface area contributed by atoms with E-state index in [1.54, 1.807) is 4.90 Å². The summed E-state index contributed by atoms with van der Waals surface area (Å²) < 4.78 is 18.7. The van der Waals surface area contributed by atoms with Crippen LogP contribution >= 0.6 is 0 Å². The third-order valence-corrected chi connectivity index (χ3v) is 4.31. The monoisotopic (exact) mass is 337 g/mol. The van der Waals surface area contributed by atoms with Crippen molar-refractivity contribution in [1.82, 2.24) is 4.90 Å². The van der Waals surface area contributed by atoms with Crippen LogP contribution in [0.3, 0.4) is 0 Å². The van der Waals surface area contributed by atoms with Crippen LogP contribution in [0.2, 0.25) is 0 Å². The van der Waals surface area contributed by atoms with Gasteiger partial charge in [-0.2, -0.15) is 0 Å². The van der Waals surface area contributed by atoms with Gasteiger partial charge in [0.1, 0.15) is 17.1 Å². The standard InChI is InChI=1S/C16H20FN3O4/c1-16(2,3)24-15(21)19-9-11-7-12(19)8-18(11)13-5-4-10(17)6-14(13)20(22)23/h4-6,11-12H,7-9H2,1-3H3/t11-,12?/m1/s1. The number of carbonyl (C=O) groups is 1. The van der Waals surface area contributed by atoms with E-state index < -0.39 is 16.3 Å². The zero-order valence-electron chi connectivity index (χ0n) is 13.9. The van der Waals surface area contributed by atoms with Crippen molar-refractivity contribution in [2.45, 2.75) is 44.9 Å². The summed E-state index contributed by atoms with van der Waals surface area (Å²) in [6.07, 6.45) is 0.372. The molecule has 3 rings (SSSR count). The Hall–Kier alpha value is -2.38. The number of amides is 1. The molecule has 0 saturated carbocycles. The molecule has 2 atom stereocenters. The molecule has 130 valence electrons. The summed E-state index contributed by atoms with van der Waals surface area (Å²) >= 11 is 0. The summed E-state index contributed by atoms with van der Waals surface area (Å²) in [5.41, 5.74) is -0.405. The van der Waals surface area contributed by atoms with Crippen LogP contribution in [0.4, 0.5) is 20.6 Å². The summed E-state index contributed by atoms with van der Waals surface area (Å²) in [5.74, 6) is -0.634. The van der Waals surface area contributed by atoms with E-state index >= 15 is 0 Å². The molecule has 0 N–H and O–H groups in total. The van der Waals surface area contributed by atoms with Crippen molar-refractivity contribution in [2.24, 2.45) is 0 Å². The van der Waals surface area contributed by atoms with Gasteiger partial charge in [0.05, 0.1) is 17.0 Å². The predicted octanol–water partition coefficient (Wildman–Crippen LogP) is 2.93. The average Bonchev–Trinajstić information content (AvgIpc) is 3.05.